The molecule has 0 spiro atoms. The SMILES string of the molecule is COc1cccc(-c2ccc(SCC(=O)c3ccc(C)cc3)nn2)c1. The number of aromatic nitrogens is 2. The van der Waals surface area contributed by atoms with E-state index in [1.807, 2.05) is 67.6 Å². The van der Waals surface area contributed by atoms with Gasteiger partial charge in [0.2, 0.25) is 0 Å². The highest BCUT2D eigenvalue weighted by Crippen LogP contribution is 2.23. The number of ketones is 1. The number of hydrogen-bond acceptors (Lipinski definition) is 5. The molecule has 1 heterocycles. The molecule has 5 heteroatoms. The summed E-state index contributed by atoms with van der Waals surface area (Å²) in [4.78, 5) is 12.2. The van der Waals surface area contributed by atoms with Gasteiger partial charge in [0, 0.05) is 11.1 Å². The van der Waals surface area contributed by atoms with E-state index in [2.05, 4.69) is 10.2 Å². The van der Waals surface area contributed by atoms with E-state index in [0.717, 1.165) is 33.2 Å². The first-order valence-electron chi connectivity index (χ1n) is 7.86. The van der Waals surface area contributed by atoms with Crippen molar-refractivity contribution < 1.29 is 9.53 Å². The maximum atomic E-state index is 12.2. The molecule has 0 unspecified atom stereocenters. The van der Waals surface area contributed by atoms with Crippen molar-refractivity contribution in [2.24, 2.45) is 0 Å². The molecule has 0 aliphatic carbocycles. The van der Waals surface area contributed by atoms with Crippen molar-refractivity contribution in [1.82, 2.24) is 10.2 Å². The standard InChI is InChI=1S/C20H18N2O2S/c1-14-6-8-15(9-7-14)19(23)13-25-20-11-10-18(21-22-20)16-4-3-5-17(12-16)24-2/h3-12H,13H2,1-2H3. The molecule has 0 amide bonds. The van der Waals surface area contributed by atoms with Crippen molar-refractivity contribution >= 4 is 17.5 Å². The number of aryl methyl sites for hydroxylation is 1. The zero-order chi connectivity index (χ0) is 17.6. The molecule has 0 aliphatic rings. The molecule has 126 valence electrons. The van der Waals surface area contributed by atoms with Gasteiger partial charge in [-0.15, -0.1) is 10.2 Å². The lowest BCUT2D eigenvalue weighted by Crippen LogP contribution is -2.02. The molecule has 0 aliphatic heterocycles. The zero-order valence-electron chi connectivity index (χ0n) is 14.1. The molecule has 3 rings (SSSR count). The van der Waals surface area contributed by atoms with Crippen LogP contribution in [0, 0.1) is 6.92 Å². The third kappa shape index (κ3) is 4.45. The van der Waals surface area contributed by atoms with Crippen LogP contribution >= 0.6 is 11.8 Å². The molecule has 25 heavy (non-hydrogen) atoms. The monoisotopic (exact) mass is 350 g/mol. The van der Waals surface area contributed by atoms with Gasteiger partial charge in [0.15, 0.2) is 5.78 Å². The van der Waals surface area contributed by atoms with Crippen molar-refractivity contribution in [3.63, 3.8) is 0 Å². The molecular formula is C20H18N2O2S. The number of thioether (sulfide) groups is 1. The van der Waals surface area contributed by atoms with E-state index in [0.29, 0.717) is 5.75 Å². The van der Waals surface area contributed by atoms with Gasteiger partial charge in [0.05, 0.1) is 18.6 Å². The van der Waals surface area contributed by atoms with Crippen molar-refractivity contribution in [3.8, 4) is 17.0 Å². The maximum absolute atomic E-state index is 12.2. The quantitative estimate of drug-likeness (QED) is 0.486. The van der Waals surface area contributed by atoms with Crippen LogP contribution in [0.15, 0.2) is 65.7 Å². The molecule has 0 saturated heterocycles. The molecule has 2 aromatic carbocycles. The molecule has 0 atom stereocenters. The summed E-state index contributed by atoms with van der Waals surface area (Å²) < 4.78 is 5.22. The van der Waals surface area contributed by atoms with E-state index in [-0.39, 0.29) is 5.78 Å². The van der Waals surface area contributed by atoms with Gasteiger partial charge in [-0.3, -0.25) is 4.79 Å². The number of carbonyl (C=O) groups excluding carboxylic acids is 1. The van der Waals surface area contributed by atoms with Gasteiger partial charge in [-0.1, -0.05) is 53.7 Å². The number of rotatable bonds is 6. The summed E-state index contributed by atoms with van der Waals surface area (Å²) in [6.45, 7) is 2.00. The van der Waals surface area contributed by atoms with Crippen molar-refractivity contribution in [1.29, 1.82) is 0 Å². The van der Waals surface area contributed by atoms with E-state index < -0.39 is 0 Å². The van der Waals surface area contributed by atoms with E-state index in [4.69, 9.17) is 4.74 Å². The number of Topliss-reactive ketones (excluding diaryl/α,β-unsaturated/α-hetero) is 1. The predicted octanol–water partition coefficient (Wildman–Crippen LogP) is 4.44. The van der Waals surface area contributed by atoms with Gasteiger partial charge in [0.1, 0.15) is 10.8 Å². The largest absolute Gasteiger partial charge is 0.497 e. The van der Waals surface area contributed by atoms with Gasteiger partial charge < -0.3 is 4.74 Å². The zero-order valence-corrected chi connectivity index (χ0v) is 14.9. The highest BCUT2D eigenvalue weighted by Gasteiger charge is 2.08. The Morgan fingerprint density at radius 2 is 1.84 bits per heavy atom. The lowest BCUT2D eigenvalue weighted by Gasteiger charge is -2.05. The summed E-state index contributed by atoms with van der Waals surface area (Å²) in [5.41, 5.74) is 3.58. The van der Waals surface area contributed by atoms with Crippen LogP contribution in [0.25, 0.3) is 11.3 Å². The number of hydrogen-bond donors (Lipinski definition) is 0. The van der Waals surface area contributed by atoms with E-state index >= 15 is 0 Å². The van der Waals surface area contributed by atoms with Gasteiger partial charge in [0.25, 0.3) is 0 Å². The minimum absolute atomic E-state index is 0.0867. The summed E-state index contributed by atoms with van der Waals surface area (Å²) in [6.07, 6.45) is 0. The highest BCUT2D eigenvalue weighted by molar-refractivity contribution is 7.99. The first kappa shape index (κ1) is 17.2. The minimum Gasteiger partial charge on any atom is -0.497 e. The van der Waals surface area contributed by atoms with E-state index in [1.165, 1.54) is 11.8 Å². The van der Waals surface area contributed by atoms with Gasteiger partial charge in [-0.05, 0) is 31.2 Å². The van der Waals surface area contributed by atoms with Crippen LogP contribution < -0.4 is 4.74 Å². The molecule has 0 N–H and O–H groups in total. The second-order valence-electron chi connectivity index (χ2n) is 5.57. The Morgan fingerprint density at radius 3 is 2.52 bits per heavy atom. The molecule has 0 radical (unpaired) electrons. The average Bonchev–Trinajstić information content (AvgIpc) is 2.67. The fourth-order valence-electron chi connectivity index (χ4n) is 2.30. The van der Waals surface area contributed by atoms with Crippen LogP contribution in [0.3, 0.4) is 0 Å². The van der Waals surface area contributed by atoms with Crippen molar-refractivity contribution in [2.45, 2.75) is 11.9 Å². The number of ether oxygens (including phenoxy) is 1. The smallest absolute Gasteiger partial charge is 0.173 e. The van der Waals surface area contributed by atoms with Crippen LogP contribution in [0.4, 0.5) is 0 Å². The summed E-state index contributed by atoms with van der Waals surface area (Å²) in [5, 5.41) is 9.19. The third-order valence-electron chi connectivity index (χ3n) is 3.73. The molecular weight excluding hydrogens is 332 g/mol. The van der Waals surface area contributed by atoms with Gasteiger partial charge in [-0.25, -0.2) is 0 Å². The van der Waals surface area contributed by atoms with Crippen LogP contribution in [-0.4, -0.2) is 28.8 Å². The number of carbonyl (C=O) groups is 1. The second-order valence-corrected chi connectivity index (χ2v) is 6.56. The van der Waals surface area contributed by atoms with Gasteiger partial charge in [-0.2, -0.15) is 0 Å². The topological polar surface area (TPSA) is 52.1 Å². The first-order valence-corrected chi connectivity index (χ1v) is 8.85. The summed E-state index contributed by atoms with van der Waals surface area (Å²) in [5.74, 6) is 1.21. The molecule has 0 fully saturated rings. The fourth-order valence-corrected chi connectivity index (χ4v) is 3.00. The summed E-state index contributed by atoms with van der Waals surface area (Å²) in [6, 6.07) is 19.1. The fraction of sp³-hybridized carbons (Fsp3) is 0.150. The van der Waals surface area contributed by atoms with Crippen LogP contribution in [0.5, 0.6) is 5.75 Å². The number of benzene rings is 2. The molecule has 0 saturated carbocycles. The Balaban J connectivity index is 1.64. The van der Waals surface area contributed by atoms with E-state index in [9.17, 15) is 4.79 Å². The Hall–Kier alpha value is -2.66. The lowest BCUT2D eigenvalue weighted by atomic mass is 10.1. The molecule has 1 aromatic heterocycles. The van der Waals surface area contributed by atoms with Crippen molar-refractivity contribution in [3.05, 3.63) is 71.8 Å². The van der Waals surface area contributed by atoms with Crippen molar-refractivity contribution in [2.75, 3.05) is 12.9 Å². The highest BCUT2D eigenvalue weighted by atomic mass is 32.2. The predicted molar refractivity (Wildman–Crippen MR) is 100 cm³/mol. The first-order chi connectivity index (χ1) is 12.2. The van der Waals surface area contributed by atoms with Crippen LogP contribution in [0.2, 0.25) is 0 Å². The van der Waals surface area contributed by atoms with E-state index in [1.54, 1.807) is 7.11 Å². The van der Waals surface area contributed by atoms with Crippen LogP contribution in [-0.2, 0) is 0 Å². The summed E-state index contributed by atoms with van der Waals surface area (Å²) in [7, 11) is 1.63. The van der Waals surface area contributed by atoms with Gasteiger partial charge >= 0.3 is 0 Å². The normalized spacial score (nSPS) is 10.5. The Morgan fingerprint density at radius 1 is 1.04 bits per heavy atom. The number of nitrogens with zero attached hydrogens (tertiary/aromatic N) is 2. The maximum Gasteiger partial charge on any atom is 0.173 e. The summed E-state index contributed by atoms with van der Waals surface area (Å²) >= 11 is 1.39. The lowest BCUT2D eigenvalue weighted by molar-refractivity contribution is 0.102. The Bertz CT molecular complexity index is 862. The Kier molecular flexibility index (Phi) is 5.46. The third-order valence-corrected chi connectivity index (χ3v) is 4.65. The molecule has 0 bridgehead atoms. The number of methoxy groups -OCH3 is 1. The Labute approximate surface area is 151 Å². The molecule has 3 aromatic rings. The molecule has 4 nitrogen and oxygen atoms in total. The van der Waals surface area contributed by atoms with Crippen LogP contribution in [0.1, 0.15) is 15.9 Å². The second kappa shape index (κ2) is 7.94. The minimum atomic E-state index is 0.0867. The average molecular weight is 350 g/mol.